The van der Waals surface area contributed by atoms with Crippen LogP contribution >= 0.6 is 48.0 Å². The molecule has 1 fully saturated rings. The minimum absolute atomic E-state index is 0. The van der Waals surface area contributed by atoms with Crippen molar-refractivity contribution in [1.29, 1.82) is 0 Å². The maximum atomic E-state index is 6.25. The van der Waals surface area contributed by atoms with E-state index in [1.165, 1.54) is 24.9 Å². The quantitative estimate of drug-likeness (QED) is 0.402. The van der Waals surface area contributed by atoms with Crippen molar-refractivity contribution in [3.05, 3.63) is 57.6 Å². The van der Waals surface area contributed by atoms with Crippen molar-refractivity contribution in [3.63, 3.8) is 0 Å². The van der Waals surface area contributed by atoms with Gasteiger partial charge in [-0.25, -0.2) is 0 Å². The molecule has 0 aliphatic carbocycles. The largest absolute Gasteiger partial charge is 0.490 e. The summed E-state index contributed by atoms with van der Waals surface area (Å²) in [5.41, 5.74) is 2.08. The number of halogens is 4. The van der Waals surface area contributed by atoms with Gasteiger partial charge in [-0.05, 0) is 62.7 Å². The summed E-state index contributed by atoms with van der Waals surface area (Å²) < 4.78 is 11.8. The number of nitrogens with zero attached hydrogens (tertiary/aromatic N) is 1. The molecule has 1 saturated heterocycles. The number of benzene rings is 2. The van der Waals surface area contributed by atoms with Gasteiger partial charge in [-0.1, -0.05) is 42.3 Å². The smallest absolute Gasteiger partial charge is 0.161 e. The van der Waals surface area contributed by atoms with Crippen LogP contribution in [0, 0.1) is 0 Å². The molecule has 0 aromatic heterocycles. The second kappa shape index (κ2) is 14.3. The molecule has 0 saturated carbocycles. The standard InChI is InChI=1S/C23H30Cl2N2O2.2ClH/c1-3-27-11-5-6-20(27)15-26-14-17-7-10-22(23(12-17)28-4-2)29-16-18-8-9-19(24)13-21(18)25;;/h7-10,12-13,20,26H,3-6,11,14-16H2,1-2H3;2*1H. The summed E-state index contributed by atoms with van der Waals surface area (Å²) in [6, 6.07) is 12.2. The second-order valence-corrected chi connectivity index (χ2v) is 8.14. The number of hydrogen-bond acceptors (Lipinski definition) is 4. The molecule has 0 spiro atoms. The second-order valence-electron chi connectivity index (χ2n) is 7.29. The molecule has 0 radical (unpaired) electrons. The summed E-state index contributed by atoms with van der Waals surface area (Å²) in [5, 5.41) is 4.82. The highest BCUT2D eigenvalue weighted by Crippen LogP contribution is 2.30. The molecule has 3 rings (SSSR count). The number of nitrogens with one attached hydrogen (secondary N) is 1. The van der Waals surface area contributed by atoms with E-state index in [2.05, 4.69) is 29.3 Å². The van der Waals surface area contributed by atoms with E-state index in [4.69, 9.17) is 32.7 Å². The highest BCUT2D eigenvalue weighted by molar-refractivity contribution is 6.35. The maximum Gasteiger partial charge on any atom is 0.161 e. The molecule has 1 aliphatic heterocycles. The lowest BCUT2D eigenvalue weighted by Crippen LogP contribution is -2.37. The minimum Gasteiger partial charge on any atom is -0.490 e. The van der Waals surface area contributed by atoms with Crippen molar-refractivity contribution in [3.8, 4) is 11.5 Å². The van der Waals surface area contributed by atoms with Crippen LogP contribution in [-0.4, -0.2) is 37.2 Å². The summed E-state index contributed by atoms with van der Waals surface area (Å²) in [4.78, 5) is 2.55. The molecule has 2 aromatic carbocycles. The van der Waals surface area contributed by atoms with Gasteiger partial charge in [0.05, 0.1) is 6.61 Å². The van der Waals surface area contributed by atoms with Gasteiger partial charge in [0, 0.05) is 34.7 Å². The topological polar surface area (TPSA) is 33.7 Å². The van der Waals surface area contributed by atoms with Crippen LogP contribution in [0.4, 0.5) is 0 Å². The van der Waals surface area contributed by atoms with Crippen LogP contribution in [-0.2, 0) is 13.2 Å². The minimum atomic E-state index is 0. The van der Waals surface area contributed by atoms with Crippen molar-refractivity contribution in [1.82, 2.24) is 10.2 Å². The molecule has 1 atom stereocenters. The Morgan fingerprint density at radius 2 is 1.84 bits per heavy atom. The molecule has 1 heterocycles. The zero-order valence-corrected chi connectivity index (χ0v) is 21.2. The Balaban J connectivity index is 0.00000240. The van der Waals surface area contributed by atoms with Crippen LogP contribution < -0.4 is 14.8 Å². The Kier molecular flexibility index (Phi) is 13.0. The number of likely N-dealkylation sites (N-methyl/N-ethyl adjacent to an activating group) is 1. The van der Waals surface area contributed by atoms with Gasteiger partial charge in [0.1, 0.15) is 6.61 Å². The molecule has 4 nitrogen and oxygen atoms in total. The average Bonchev–Trinajstić information content (AvgIpc) is 3.16. The Hall–Kier alpha value is -0.880. The van der Waals surface area contributed by atoms with Gasteiger partial charge >= 0.3 is 0 Å². The highest BCUT2D eigenvalue weighted by Gasteiger charge is 2.22. The van der Waals surface area contributed by atoms with Crippen LogP contribution in [0.25, 0.3) is 0 Å². The van der Waals surface area contributed by atoms with Crippen LogP contribution in [0.5, 0.6) is 11.5 Å². The first kappa shape index (κ1) is 28.2. The first-order valence-electron chi connectivity index (χ1n) is 10.4. The molecule has 0 bridgehead atoms. The predicted molar refractivity (Wildman–Crippen MR) is 135 cm³/mol. The average molecular weight is 510 g/mol. The molecule has 31 heavy (non-hydrogen) atoms. The van der Waals surface area contributed by atoms with Gasteiger partial charge in [-0.3, -0.25) is 4.90 Å². The molecular weight excluding hydrogens is 478 g/mol. The van der Waals surface area contributed by atoms with E-state index in [1.54, 1.807) is 6.07 Å². The van der Waals surface area contributed by atoms with Crippen LogP contribution in [0.3, 0.4) is 0 Å². The fourth-order valence-electron chi connectivity index (χ4n) is 3.77. The summed E-state index contributed by atoms with van der Waals surface area (Å²) in [5.74, 6) is 1.47. The van der Waals surface area contributed by atoms with E-state index in [9.17, 15) is 0 Å². The van der Waals surface area contributed by atoms with Gasteiger partial charge in [0.25, 0.3) is 0 Å². The van der Waals surface area contributed by atoms with Crippen molar-refractivity contribution >= 4 is 48.0 Å². The number of hydrogen-bond donors (Lipinski definition) is 1. The van der Waals surface area contributed by atoms with E-state index in [0.717, 1.165) is 36.7 Å². The molecule has 0 amide bonds. The lowest BCUT2D eigenvalue weighted by Gasteiger charge is -2.23. The molecule has 1 aliphatic rings. The summed E-state index contributed by atoms with van der Waals surface area (Å²) in [6.45, 7) is 9.35. The summed E-state index contributed by atoms with van der Waals surface area (Å²) in [7, 11) is 0. The maximum absolute atomic E-state index is 6.25. The van der Waals surface area contributed by atoms with Crippen LogP contribution in [0.1, 0.15) is 37.8 Å². The Bertz CT molecular complexity index is 807. The van der Waals surface area contributed by atoms with Crippen LogP contribution in [0.2, 0.25) is 10.0 Å². The first-order chi connectivity index (χ1) is 14.1. The lowest BCUT2D eigenvalue weighted by atomic mass is 10.1. The summed E-state index contributed by atoms with van der Waals surface area (Å²) in [6.07, 6.45) is 2.59. The molecule has 174 valence electrons. The SMILES string of the molecule is CCOc1cc(CNCC2CCCN2CC)ccc1OCc1ccc(Cl)cc1Cl.Cl.Cl. The lowest BCUT2D eigenvalue weighted by molar-refractivity contribution is 0.259. The normalized spacial score (nSPS) is 15.8. The van der Waals surface area contributed by atoms with Gasteiger partial charge < -0.3 is 14.8 Å². The van der Waals surface area contributed by atoms with Crippen molar-refractivity contribution in [2.45, 2.75) is 45.9 Å². The van der Waals surface area contributed by atoms with Crippen molar-refractivity contribution < 1.29 is 9.47 Å². The molecule has 8 heteroatoms. The fraction of sp³-hybridized carbons (Fsp3) is 0.478. The zero-order chi connectivity index (χ0) is 20.6. The van der Waals surface area contributed by atoms with E-state index >= 15 is 0 Å². The van der Waals surface area contributed by atoms with Gasteiger partial charge in [0.15, 0.2) is 11.5 Å². The number of rotatable bonds is 10. The monoisotopic (exact) mass is 508 g/mol. The van der Waals surface area contributed by atoms with Crippen molar-refractivity contribution in [2.24, 2.45) is 0 Å². The Morgan fingerprint density at radius 3 is 2.55 bits per heavy atom. The molecule has 1 unspecified atom stereocenters. The van der Waals surface area contributed by atoms with Gasteiger partial charge in [-0.2, -0.15) is 0 Å². The zero-order valence-electron chi connectivity index (χ0n) is 18.0. The van der Waals surface area contributed by atoms with E-state index in [-0.39, 0.29) is 24.8 Å². The van der Waals surface area contributed by atoms with Gasteiger partial charge in [-0.15, -0.1) is 24.8 Å². The Labute approximate surface area is 208 Å². The third-order valence-corrected chi connectivity index (χ3v) is 5.91. The fourth-order valence-corrected chi connectivity index (χ4v) is 4.23. The molecular formula is C23H32Cl4N2O2. The molecule has 2 aromatic rings. The van der Waals surface area contributed by atoms with Crippen molar-refractivity contribution in [2.75, 3.05) is 26.2 Å². The van der Waals surface area contributed by atoms with Crippen LogP contribution in [0.15, 0.2) is 36.4 Å². The first-order valence-corrected chi connectivity index (χ1v) is 11.1. The van der Waals surface area contributed by atoms with E-state index in [0.29, 0.717) is 29.3 Å². The number of ether oxygens (including phenoxy) is 2. The molecule has 1 N–H and O–H groups in total. The van der Waals surface area contributed by atoms with E-state index in [1.807, 2.05) is 25.1 Å². The van der Waals surface area contributed by atoms with Gasteiger partial charge in [0.2, 0.25) is 0 Å². The van der Waals surface area contributed by atoms with E-state index < -0.39 is 0 Å². The Morgan fingerprint density at radius 1 is 1.03 bits per heavy atom. The highest BCUT2D eigenvalue weighted by atomic mass is 35.5. The number of likely N-dealkylation sites (tertiary alicyclic amines) is 1. The summed E-state index contributed by atoms with van der Waals surface area (Å²) >= 11 is 12.2. The third-order valence-electron chi connectivity index (χ3n) is 5.32. The predicted octanol–water partition coefficient (Wildman–Crippen LogP) is 6.39. The third kappa shape index (κ3) is 8.20.